The van der Waals surface area contributed by atoms with Crippen LogP contribution in [0.15, 0.2) is 33.6 Å². The first-order valence-electron chi connectivity index (χ1n) is 5.49. The van der Waals surface area contributed by atoms with Crippen molar-refractivity contribution in [2.75, 3.05) is 19.6 Å². The van der Waals surface area contributed by atoms with Crippen molar-refractivity contribution in [1.29, 1.82) is 0 Å². The van der Waals surface area contributed by atoms with E-state index in [0.717, 1.165) is 4.47 Å². The average molecular weight is 319 g/mol. The molecule has 0 bridgehead atoms. The predicted octanol–water partition coefficient (Wildman–Crippen LogP) is 1.43. The topological polar surface area (TPSA) is 49.4 Å². The Kier molecular flexibility index (Phi) is 3.87. The molecule has 6 heteroatoms. The lowest BCUT2D eigenvalue weighted by molar-refractivity contribution is 0.310. The summed E-state index contributed by atoms with van der Waals surface area (Å²) in [6.45, 7) is 3.75. The Morgan fingerprint density at radius 3 is 2.59 bits per heavy atom. The molecule has 0 aromatic heterocycles. The van der Waals surface area contributed by atoms with Gasteiger partial charge in [0.1, 0.15) is 0 Å². The zero-order chi connectivity index (χ0) is 12.5. The number of nitrogens with one attached hydrogen (secondary N) is 1. The maximum absolute atomic E-state index is 12.3. The molecule has 94 valence electrons. The number of rotatable bonds is 2. The molecule has 1 fully saturated rings. The Labute approximate surface area is 110 Å². The highest BCUT2D eigenvalue weighted by Gasteiger charge is 2.28. The molecule has 0 saturated carbocycles. The fourth-order valence-electron chi connectivity index (χ4n) is 1.87. The summed E-state index contributed by atoms with van der Waals surface area (Å²) in [6.07, 6.45) is 0. The summed E-state index contributed by atoms with van der Waals surface area (Å²) in [6, 6.07) is 6.96. The van der Waals surface area contributed by atoms with Crippen molar-refractivity contribution in [3.05, 3.63) is 28.7 Å². The lowest BCUT2D eigenvalue weighted by Crippen LogP contribution is -2.51. The monoisotopic (exact) mass is 318 g/mol. The van der Waals surface area contributed by atoms with Crippen molar-refractivity contribution in [3.8, 4) is 0 Å². The summed E-state index contributed by atoms with van der Waals surface area (Å²) in [5.41, 5.74) is 0. The van der Waals surface area contributed by atoms with Gasteiger partial charge in [0.05, 0.1) is 4.90 Å². The summed E-state index contributed by atoms with van der Waals surface area (Å²) in [5, 5.41) is 3.23. The van der Waals surface area contributed by atoms with Crippen molar-refractivity contribution < 1.29 is 8.42 Å². The molecular weight excluding hydrogens is 304 g/mol. The number of piperazine rings is 1. The molecule has 0 spiro atoms. The standard InChI is InChI=1S/C11H15BrN2O2S/c1-9-8-14(7-6-13-9)17(15,16)11-4-2-10(12)3-5-11/h2-5,9,13H,6-8H2,1H3. The molecule has 0 radical (unpaired) electrons. The SMILES string of the molecule is CC1CN(S(=O)(=O)c2ccc(Br)cc2)CCN1. The van der Waals surface area contributed by atoms with E-state index in [9.17, 15) is 8.42 Å². The van der Waals surface area contributed by atoms with Crippen LogP contribution in [-0.2, 0) is 10.0 Å². The van der Waals surface area contributed by atoms with Gasteiger partial charge >= 0.3 is 0 Å². The highest BCUT2D eigenvalue weighted by Crippen LogP contribution is 2.19. The molecule has 0 amide bonds. The summed E-state index contributed by atoms with van der Waals surface area (Å²) >= 11 is 3.30. The van der Waals surface area contributed by atoms with Crippen molar-refractivity contribution in [2.45, 2.75) is 17.9 Å². The van der Waals surface area contributed by atoms with Crippen LogP contribution in [0.4, 0.5) is 0 Å². The maximum Gasteiger partial charge on any atom is 0.243 e. The van der Waals surface area contributed by atoms with Gasteiger partial charge in [-0.3, -0.25) is 0 Å². The number of halogens is 1. The second-order valence-corrected chi connectivity index (χ2v) is 7.03. The van der Waals surface area contributed by atoms with E-state index in [0.29, 0.717) is 24.5 Å². The van der Waals surface area contributed by atoms with Crippen LogP contribution in [-0.4, -0.2) is 38.4 Å². The molecule has 1 saturated heterocycles. The fraction of sp³-hybridized carbons (Fsp3) is 0.455. The first kappa shape index (κ1) is 13.0. The van der Waals surface area contributed by atoms with Gasteiger partial charge in [-0.2, -0.15) is 4.31 Å². The van der Waals surface area contributed by atoms with Crippen molar-refractivity contribution >= 4 is 26.0 Å². The summed E-state index contributed by atoms with van der Waals surface area (Å²) in [4.78, 5) is 0.356. The van der Waals surface area contributed by atoms with Gasteiger partial charge in [-0.25, -0.2) is 8.42 Å². The number of benzene rings is 1. The van der Waals surface area contributed by atoms with Crippen molar-refractivity contribution in [3.63, 3.8) is 0 Å². The smallest absolute Gasteiger partial charge is 0.243 e. The van der Waals surface area contributed by atoms with Gasteiger partial charge in [0.2, 0.25) is 10.0 Å². The minimum Gasteiger partial charge on any atom is -0.312 e. The van der Waals surface area contributed by atoms with E-state index in [4.69, 9.17) is 0 Å². The van der Waals surface area contributed by atoms with E-state index in [1.165, 1.54) is 4.31 Å². The lowest BCUT2D eigenvalue weighted by atomic mass is 10.3. The summed E-state index contributed by atoms with van der Waals surface area (Å²) in [7, 11) is -3.34. The molecule has 4 nitrogen and oxygen atoms in total. The third-order valence-electron chi connectivity index (χ3n) is 2.78. The summed E-state index contributed by atoms with van der Waals surface area (Å²) < 4.78 is 27.1. The van der Waals surface area contributed by atoms with Crippen molar-refractivity contribution in [1.82, 2.24) is 9.62 Å². The molecule has 1 atom stereocenters. The maximum atomic E-state index is 12.3. The van der Waals surface area contributed by atoms with Crippen LogP contribution in [0.2, 0.25) is 0 Å². The number of sulfonamides is 1. The second kappa shape index (κ2) is 5.06. The van der Waals surface area contributed by atoms with Gasteiger partial charge in [0.25, 0.3) is 0 Å². The molecule has 1 aliphatic rings. The number of hydrogen-bond acceptors (Lipinski definition) is 3. The van der Waals surface area contributed by atoms with Crippen LogP contribution in [0.25, 0.3) is 0 Å². The van der Waals surface area contributed by atoms with Gasteiger partial charge in [0, 0.05) is 30.1 Å². The zero-order valence-corrected chi connectivity index (χ0v) is 12.0. The molecule has 0 aliphatic carbocycles. The first-order valence-corrected chi connectivity index (χ1v) is 7.72. The van der Waals surface area contributed by atoms with Gasteiger partial charge < -0.3 is 5.32 Å². The van der Waals surface area contributed by atoms with E-state index in [1.54, 1.807) is 24.3 Å². The Bertz CT molecular complexity index is 487. The molecule has 1 aromatic carbocycles. The Hall–Kier alpha value is -0.430. The number of hydrogen-bond donors (Lipinski definition) is 1. The van der Waals surface area contributed by atoms with Gasteiger partial charge in [-0.05, 0) is 31.2 Å². The van der Waals surface area contributed by atoms with E-state index < -0.39 is 10.0 Å². The largest absolute Gasteiger partial charge is 0.312 e. The first-order chi connectivity index (χ1) is 8.00. The average Bonchev–Trinajstić information content (AvgIpc) is 2.29. The molecule has 1 aliphatic heterocycles. The van der Waals surface area contributed by atoms with Gasteiger partial charge in [-0.1, -0.05) is 15.9 Å². The highest BCUT2D eigenvalue weighted by atomic mass is 79.9. The van der Waals surface area contributed by atoms with Crippen LogP contribution in [0.5, 0.6) is 0 Å². The normalized spacial score (nSPS) is 22.6. The van der Waals surface area contributed by atoms with Crippen LogP contribution < -0.4 is 5.32 Å². The third kappa shape index (κ3) is 2.88. The quantitative estimate of drug-likeness (QED) is 0.897. The zero-order valence-electron chi connectivity index (χ0n) is 9.56. The van der Waals surface area contributed by atoms with E-state index >= 15 is 0 Å². The Morgan fingerprint density at radius 1 is 1.35 bits per heavy atom. The Morgan fingerprint density at radius 2 is 2.00 bits per heavy atom. The molecule has 1 N–H and O–H groups in total. The molecule has 1 unspecified atom stereocenters. The van der Waals surface area contributed by atoms with Crippen molar-refractivity contribution in [2.24, 2.45) is 0 Å². The third-order valence-corrected chi connectivity index (χ3v) is 5.19. The molecule has 17 heavy (non-hydrogen) atoms. The molecule has 1 aromatic rings. The van der Waals surface area contributed by atoms with E-state index in [1.807, 2.05) is 6.92 Å². The van der Waals surface area contributed by atoms with Crippen LogP contribution in [0.1, 0.15) is 6.92 Å². The highest BCUT2D eigenvalue weighted by molar-refractivity contribution is 9.10. The Balaban J connectivity index is 2.26. The number of nitrogens with zero attached hydrogens (tertiary/aromatic N) is 1. The van der Waals surface area contributed by atoms with Gasteiger partial charge in [-0.15, -0.1) is 0 Å². The van der Waals surface area contributed by atoms with E-state index in [-0.39, 0.29) is 6.04 Å². The molecular formula is C11H15BrN2O2S. The summed E-state index contributed by atoms with van der Waals surface area (Å²) in [5.74, 6) is 0. The van der Waals surface area contributed by atoms with Crippen LogP contribution in [0, 0.1) is 0 Å². The molecule has 1 heterocycles. The lowest BCUT2D eigenvalue weighted by Gasteiger charge is -2.30. The van der Waals surface area contributed by atoms with Crippen LogP contribution >= 0.6 is 15.9 Å². The fourth-order valence-corrected chi connectivity index (χ4v) is 3.66. The van der Waals surface area contributed by atoms with Gasteiger partial charge in [0.15, 0.2) is 0 Å². The molecule has 2 rings (SSSR count). The minimum absolute atomic E-state index is 0.203. The van der Waals surface area contributed by atoms with Crippen LogP contribution in [0.3, 0.4) is 0 Å². The minimum atomic E-state index is -3.34. The predicted molar refractivity (Wildman–Crippen MR) is 70.4 cm³/mol. The second-order valence-electron chi connectivity index (χ2n) is 4.17. The van der Waals surface area contributed by atoms with E-state index in [2.05, 4.69) is 21.2 Å².